The minimum Gasteiger partial charge on any atom is -0.409 e. The smallest absolute Gasteiger partial charge is 0.409 e. The van der Waals surface area contributed by atoms with Gasteiger partial charge in [-0.1, -0.05) is 0 Å². The van der Waals surface area contributed by atoms with E-state index < -0.39 is 0 Å². The summed E-state index contributed by atoms with van der Waals surface area (Å²) in [7, 11) is 1.46. The fourth-order valence-corrected chi connectivity index (χ4v) is 0.250. The molecule has 0 aromatic rings. The topological polar surface area (TPSA) is 21.3 Å². The van der Waals surface area contributed by atoms with Crippen LogP contribution in [0, 0.1) is 0 Å². The molecule has 0 heterocycles. The molecular weight excluding hydrogens is 157 g/mol. The Kier molecular flexibility index (Phi) is 12.7. The van der Waals surface area contributed by atoms with Gasteiger partial charge in [-0.2, -0.15) is 0 Å². The van der Waals surface area contributed by atoms with Gasteiger partial charge >= 0.3 is 51.4 Å². The standard InChI is InChI=1S/C2H5NOS2.K/c1-4-3-2(5)6;/h1H3,(H2,3,5,6);/q;+1/p-1. The van der Waals surface area contributed by atoms with Crippen molar-refractivity contribution in [2.24, 2.45) is 0 Å². The summed E-state index contributed by atoms with van der Waals surface area (Å²) in [6.07, 6.45) is 0. The number of nitrogens with one attached hydrogen (secondary N) is 1. The van der Waals surface area contributed by atoms with E-state index in [4.69, 9.17) is 0 Å². The summed E-state index contributed by atoms with van der Waals surface area (Å²) < 4.78 is 0.234. The molecule has 0 spiro atoms. The van der Waals surface area contributed by atoms with Crippen molar-refractivity contribution in [3.8, 4) is 0 Å². The predicted molar refractivity (Wildman–Crippen MR) is 30.1 cm³/mol. The van der Waals surface area contributed by atoms with Crippen LogP contribution in [0.3, 0.4) is 0 Å². The molecule has 0 bridgehead atoms. The van der Waals surface area contributed by atoms with Crippen LogP contribution < -0.4 is 56.9 Å². The summed E-state index contributed by atoms with van der Waals surface area (Å²) in [6.45, 7) is 0. The Hall–Kier alpha value is 1.71. The zero-order valence-electron chi connectivity index (χ0n) is 4.22. The monoisotopic (exact) mass is 161 g/mol. The van der Waals surface area contributed by atoms with Crippen LogP contribution in [0.5, 0.6) is 0 Å². The maximum Gasteiger partial charge on any atom is 1.00 e. The molecule has 0 fully saturated rings. The Balaban J connectivity index is 0. The number of hydrogen-bond acceptors (Lipinski definition) is 3. The number of hydroxylamine groups is 1. The molecule has 2 nitrogen and oxygen atoms in total. The van der Waals surface area contributed by atoms with E-state index in [1.807, 2.05) is 0 Å². The van der Waals surface area contributed by atoms with Crippen molar-refractivity contribution in [1.82, 2.24) is 5.48 Å². The first-order chi connectivity index (χ1) is 2.77. The zero-order chi connectivity index (χ0) is 4.99. The average molecular weight is 161 g/mol. The van der Waals surface area contributed by atoms with E-state index in [9.17, 15) is 0 Å². The number of hydrogen-bond donors (Lipinski definition) is 1. The summed E-state index contributed by atoms with van der Waals surface area (Å²) in [4.78, 5) is 4.31. The van der Waals surface area contributed by atoms with E-state index in [-0.39, 0.29) is 55.7 Å². The minimum absolute atomic E-state index is 0. The maximum absolute atomic E-state index is 4.37. The molecular formula is C2H4KNOS2. The number of rotatable bonds is 1. The quantitative estimate of drug-likeness (QED) is 0.191. The molecule has 0 aromatic heterocycles. The van der Waals surface area contributed by atoms with Crippen molar-refractivity contribution in [2.75, 3.05) is 7.11 Å². The second kappa shape index (κ2) is 7.71. The SMILES string of the molecule is CONC(=S)[S-].[K+]. The Morgan fingerprint density at radius 2 is 2.29 bits per heavy atom. The fourth-order valence-electron chi connectivity index (χ4n) is 0.0833. The Morgan fingerprint density at radius 3 is 2.29 bits per heavy atom. The molecule has 0 aromatic carbocycles. The molecule has 0 aliphatic rings. The van der Waals surface area contributed by atoms with Crippen LogP contribution in [0.4, 0.5) is 0 Å². The van der Waals surface area contributed by atoms with Gasteiger partial charge in [0.15, 0.2) is 0 Å². The van der Waals surface area contributed by atoms with Crippen LogP contribution >= 0.6 is 12.2 Å². The first-order valence-corrected chi connectivity index (χ1v) is 2.09. The third kappa shape index (κ3) is 11.3. The van der Waals surface area contributed by atoms with Gasteiger partial charge in [0, 0.05) is 0 Å². The van der Waals surface area contributed by atoms with Gasteiger partial charge in [-0.15, -0.1) is 0 Å². The Bertz CT molecular complexity index is 59.7. The molecule has 0 saturated carbocycles. The molecule has 0 aliphatic carbocycles. The second-order valence-corrected chi connectivity index (χ2v) is 1.67. The predicted octanol–water partition coefficient (Wildman–Crippen LogP) is -3.03. The third-order valence-corrected chi connectivity index (χ3v) is 0.352. The molecule has 0 amide bonds. The summed E-state index contributed by atoms with van der Waals surface area (Å²) in [6, 6.07) is 0. The summed E-state index contributed by atoms with van der Waals surface area (Å²) >= 11 is 8.75. The van der Waals surface area contributed by atoms with Gasteiger partial charge in [0.1, 0.15) is 0 Å². The van der Waals surface area contributed by atoms with Gasteiger partial charge in [0.2, 0.25) is 0 Å². The normalized spacial score (nSPS) is 6.43. The van der Waals surface area contributed by atoms with Crippen molar-refractivity contribution >= 4 is 29.2 Å². The first-order valence-electron chi connectivity index (χ1n) is 1.27. The van der Waals surface area contributed by atoms with Crippen LogP contribution in [0.2, 0.25) is 0 Å². The van der Waals surface area contributed by atoms with Crippen LogP contribution in [0.25, 0.3) is 0 Å². The van der Waals surface area contributed by atoms with Crippen molar-refractivity contribution in [2.45, 2.75) is 0 Å². The van der Waals surface area contributed by atoms with Gasteiger partial charge < -0.3 is 24.8 Å². The van der Waals surface area contributed by atoms with Crippen molar-refractivity contribution in [1.29, 1.82) is 0 Å². The van der Waals surface area contributed by atoms with Gasteiger partial charge in [-0.05, 0) is 4.32 Å². The zero-order valence-corrected chi connectivity index (χ0v) is 8.98. The van der Waals surface area contributed by atoms with E-state index in [0.717, 1.165) is 0 Å². The van der Waals surface area contributed by atoms with E-state index in [1.54, 1.807) is 0 Å². The summed E-state index contributed by atoms with van der Waals surface area (Å²) in [5.41, 5.74) is 2.25. The van der Waals surface area contributed by atoms with Gasteiger partial charge in [0.05, 0.1) is 7.11 Å². The van der Waals surface area contributed by atoms with E-state index in [2.05, 4.69) is 35.2 Å². The largest absolute Gasteiger partial charge is 1.00 e. The van der Waals surface area contributed by atoms with E-state index >= 15 is 0 Å². The molecule has 1 N–H and O–H groups in total. The minimum atomic E-state index is 0. The molecule has 0 aliphatic heterocycles. The maximum atomic E-state index is 4.37. The Morgan fingerprint density at radius 1 is 1.86 bits per heavy atom. The molecule has 5 heteroatoms. The molecule has 0 saturated heterocycles. The van der Waals surface area contributed by atoms with E-state index in [0.29, 0.717) is 0 Å². The third-order valence-electron chi connectivity index (χ3n) is 0.185. The summed E-state index contributed by atoms with van der Waals surface area (Å²) in [5.74, 6) is 0. The molecule has 0 unspecified atom stereocenters. The van der Waals surface area contributed by atoms with Crippen LogP contribution in [0.1, 0.15) is 0 Å². The average Bonchev–Trinajstić information content (AvgIpc) is 1.35. The fraction of sp³-hybridized carbons (Fsp3) is 0.500. The molecule has 0 atom stereocenters. The summed E-state index contributed by atoms with van der Waals surface area (Å²) in [5, 5.41) is 0. The van der Waals surface area contributed by atoms with Gasteiger partial charge in [0.25, 0.3) is 0 Å². The van der Waals surface area contributed by atoms with Crippen molar-refractivity contribution in [3.05, 3.63) is 0 Å². The number of thiocarbonyl (C=S) groups is 1. The van der Waals surface area contributed by atoms with Gasteiger partial charge in [-0.3, -0.25) is 10.3 Å². The van der Waals surface area contributed by atoms with Gasteiger partial charge in [-0.25, -0.2) is 0 Å². The van der Waals surface area contributed by atoms with Crippen LogP contribution in [-0.4, -0.2) is 11.4 Å². The second-order valence-electron chi connectivity index (χ2n) is 0.594. The Labute approximate surface area is 96.2 Å². The first kappa shape index (κ1) is 11.5. The van der Waals surface area contributed by atoms with Crippen molar-refractivity contribution in [3.63, 3.8) is 0 Å². The van der Waals surface area contributed by atoms with Crippen LogP contribution in [0.15, 0.2) is 0 Å². The molecule has 0 rings (SSSR count). The molecule has 36 valence electrons. The van der Waals surface area contributed by atoms with E-state index in [1.165, 1.54) is 7.11 Å². The molecule has 0 radical (unpaired) electrons. The van der Waals surface area contributed by atoms with Crippen LogP contribution in [-0.2, 0) is 17.5 Å². The van der Waals surface area contributed by atoms with Crippen molar-refractivity contribution < 1.29 is 56.2 Å². The molecule has 7 heavy (non-hydrogen) atoms.